The average molecular weight is 277 g/mol. The van der Waals surface area contributed by atoms with Crippen LogP contribution in [0, 0.1) is 0 Å². The van der Waals surface area contributed by atoms with Gasteiger partial charge in [-0.1, -0.05) is 12.1 Å². The lowest BCUT2D eigenvalue weighted by molar-refractivity contribution is -0.139. The fourth-order valence-corrected chi connectivity index (χ4v) is 2.48. The molecule has 1 aliphatic rings. The number of rotatable bonds is 6. The zero-order chi connectivity index (χ0) is 14.6. The van der Waals surface area contributed by atoms with Crippen molar-refractivity contribution in [3.05, 3.63) is 29.8 Å². The minimum absolute atomic E-state index is 0.0322. The third-order valence-electron chi connectivity index (χ3n) is 3.61. The van der Waals surface area contributed by atoms with Crippen molar-refractivity contribution in [1.82, 2.24) is 5.32 Å². The third-order valence-corrected chi connectivity index (χ3v) is 3.61. The summed E-state index contributed by atoms with van der Waals surface area (Å²) in [6, 6.07) is 7.00. The molecule has 1 aromatic carbocycles. The Morgan fingerprint density at radius 3 is 2.60 bits per heavy atom. The molecule has 0 saturated heterocycles. The Morgan fingerprint density at radius 1 is 1.35 bits per heavy atom. The van der Waals surface area contributed by atoms with Crippen molar-refractivity contribution >= 4 is 11.9 Å². The highest BCUT2D eigenvalue weighted by Gasteiger charge is 2.40. The fourth-order valence-electron chi connectivity index (χ4n) is 2.48. The number of para-hydroxylation sites is 1. The van der Waals surface area contributed by atoms with Crippen LogP contribution in [0.5, 0.6) is 5.75 Å². The zero-order valence-electron chi connectivity index (χ0n) is 11.5. The number of carbonyl (C=O) groups is 2. The van der Waals surface area contributed by atoms with E-state index in [4.69, 9.17) is 9.84 Å². The van der Waals surface area contributed by atoms with Crippen LogP contribution in [0.15, 0.2) is 24.3 Å². The Labute approximate surface area is 117 Å². The molecule has 2 rings (SSSR count). The maximum Gasteiger partial charge on any atom is 0.305 e. The van der Waals surface area contributed by atoms with Gasteiger partial charge in [-0.3, -0.25) is 9.59 Å². The maximum atomic E-state index is 12.3. The van der Waals surface area contributed by atoms with Crippen LogP contribution in [0.2, 0.25) is 0 Å². The van der Waals surface area contributed by atoms with Crippen molar-refractivity contribution in [3.8, 4) is 5.75 Å². The summed E-state index contributed by atoms with van der Waals surface area (Å²) in [5.74, 6) is -0.629. The molecule has 0 bridgehead atoms. The predicted octanol–water partition coefficient (Wildman–Crippen LogP) is 2.21. The summed E-state index contributed by atoms with van der Waals surface area (Å²) in [6.45, 7) is 2.33. The summed E-state index contributed by atoms with van der Waals surface area (Å²) < 4.78 is 5.43. The monoisotopic (exact) mass is 277 g/mol. The molecule has 0 radical (unpaired) electrons. The number of ether oxygens (including phenoxy) is 1. The second kappa shape index (κ2) is 5.94. The van der Waals surface area contributed by atoms with Crippen molar-refractivity contribution in [3.63, 3.8) is 0 Å². The summed E-state index contributed by atoms with van der Waals surface area (Å²) in [4.78, 5) is 23.3. The van der Waals surface area contributed by atoms with E-state index in [-0.39, 0.29) is 12.3 Å². The number of carboxylic acid groups (broad SMARTS) is 1. The van der Waals surface area contributed by atoms with Crippen LogP contribution >= 0.6 is 0 Å². The minimum Gasteiger partial charge on any atom is -0.493 e. The number of nitrogens with one attached hydrogen (secondary N) is 1. The number of carboxylic acids is 1. The van der Waals surface area contributed by atoms with Gasteiger partial charge < -0.3 is 15.2 Å². The second-order valence-electron chi connectivity index (χ2n) is 5.09. The first-order valence-electron chi connectivity index (χ1n) is 6.82. The number of hydrogen-bond donors (Lipinski definition) is 2. The molecule has 2 N–H and O–H groups in total. The van der Waals surface area contributed by atoms with Crippen molar-refractivity contribution in [1.29, 1.82) is 0 Å². The Hall–Kier alpha value is -2.04. The average Bonchev–Trinajstić information content (AvgIpc) is 2.36. The van der Waals surface area contributed by atoms with Crippen molar-refractivity contribution in [2.75, 3.05) is 6.61 Å². The van der Waals surface area contributed by atoms with Gasteiger partial charge in [0.25, 0.3) is 5.91 Å². The first kappa shape index (κ1) is 14.4. The SMILES string of the molecule is CCOc1ccccc1C(=O)NC1(CC(=O)O)CCC1. The van der Waals surface area contributed by atoms with Gasteiger partial charge in [-0.05, 0) is 38.3 Å². The Balaban J connectivity index is 2.13. The normalized spacial score (nSPS) is 16.1. The van der Waals surface area contributed by atoms with E-state index in [1.807, 2.05) is 6.92 Å². The lowest BCUT2D eigenvalue weighted by Gasteiger charge is -2.41. The molecule has 20 heavy (non-hydrogen) atoms. The number of carbonyl (C=O) groups excluding carboxylic acids is 1. The van der Waals surface area contributed by atoms with Crippen LogP contribution in [0.3, 0.4) is 0 Å². The number of amides is 1. The summed E-state index contributed by atoms with van der Waals surface area (Å²) in [7, 11) is 0. The van der Waals surface area contributed by atoms with Crippen LogP contribution in [0.25, 0.3) is 0 Å². The van der Waals surface area contributed by atoms with Gasteiger partial charge in [-0.15, -0.1) is 0 Å². The van der Waals surface area contributed by atoms with E-state index in [1.165, 1.54) is 0 Å². The summed E-state index contributed by atoms with van der Waals surface area (Å²) >= 11 is 0. The Morgan fingerprint density at radius 2 is 2.05 bits per heavy atom. The molecular weight excluding hydrogens is 258 g/mol. The third kappa shape index (κ3) is 3.10. The number of benzene rings is 1. The van der Waals surface area contributed by atoms with Crippen LogP contribution in [0.1, 0.15) is 43.0 Å². The first-order chi connectivity index (χ1) is 9.56. The number of aliphatic carboxylic acids is 1. The molecule has 1 amide bonds. The van der Waals surface area contributed by atoms with Crippen molar-refractivity contribution in [2.24, 2.45) is 0 Å². The minimum atomic E-state index is -0.886. The van der Waals surface area contributed by atoms with Gasteiger partial charge in [0, 0.05) is 0 Å². The van der Waals surface area contributed by atoms with Gasteiger partial charge in [-0.25, -0.2) is 0 Å². The van der Waals surface area contributed by atoms with E-state index in [0.29, 0.717) is 30.8 Å². The van der Waals surface area contributed by atoms with Crippen LogP contribution in [-0.2, 0) is 4.79 Å². The molecule has 0 aliphatic heterocycles. The second-order valence-corrected chi connectivity index (χ2v) is 5.09. The van der Waals surface area contributed by atoms with Crippen LogP contribution < -0.4 is 10.1 Å². The molecular formula is C15H19NO4. The largest absolute Gasteiger partial charge is 0.493 e. The van der Waals surface area contributed by atoms with Gasteiger partial charge in [0.1, 0.15) is 5.75 Å². The van der Waals surface area contributed by atoms with Crippen LogP contribution in [-0.4, -0.2) is 29.1 Å². The highest BCUT2D eigenvalue weighted by molar-refractivity contribution is 5.97. The molecule has 0 aromatic heterocycles. The van der Waals surface area contributed by atoms with Gasteiger partial charge in [0.15, 0.2) is 0 Å². The summed E-state index contributed by atoms with van der Waals surface area (Å²) in [5.41, 5.74) is -0.145. The van der Waals surface area contributed by atoms with E-state index in [2.05, 4.69) is 5.32 Å². The quantitative estimate of drug-likeness (QED) is 0.836. The molecule has 0 atom stereocenters. The predicted molar refractivity (Wildman–Crippen MR) is 73.9 cm³/mol. The smallest absolute Gasteiger partial charge is 0.305 e. The Bertz CT molecular complexity index is 508. The van der Waals surface area contributed by atoms with E-state index in [1.54, 1.807) is 24.3 Å². The highest BCUT2D eigenvalue weighted by atomic mass is 16.5. The van der Waals surface area contributed by atoms with Gasteiger partial charge in [0.2, 0.25) is 0 Å². The molecule has 5 nitrogen and oxygen atoms in total. The van der Waals surface area contributed by atoms with Crippen molar-refractivity contribution in [2.45, 2.75) is 38.1 Å². The van der Waals surface area contributed by atoms with E-state index in [0.717, 1.165) is 6.42 Å². The Kier molecular flexibility index (Phi) is 4.27. The maximum absolute atomic E-state index is 12.3. The molecule has 108 valence electrons. The summed E-state index contributed by atoms with van der Waals surface area (Å²) in [6.07, 6.45) is 2.33. The highest BCUT2D eigenvalue weighted by Crippen LogP contribution is 2.35. The molecule has 5 heteroatoms. The first-order valence-corrected chi connectivity index (χ1v) is 6.82. The number of hydrogen-bond acceptors (Lipinski definition) is 3. The molecule has 1 fully saturated rings. The van der Waals surface area contributed by atoms with Gasteiger partial charge >= 0.3 is 5.97 Å². The molecule has 1 aromatic rings. The lowest BCUT2D eigenvalue weighted by Crippen LogP contribution is -2.54. The molecule has 1 saturated carbocycles. The fraction of sp³-hybridized carbons (Fsp3) is 0.467. The zero-order valence-corrected chi connectivity index (χ0v) is 11.5. The molecule has 1 aliphatic carbocycles. The molecule has 0 heterocycles. The van der Waals surface area contributed by atoms with E-state index >= 15 is 0 Å². The molecule has 0 unspecified atom stereocenters. The summed E-state index contributed by atoms with van der Waals surface area (Å²) in [5, 5.41) is 11.8. The molecule has 0 spiro atoms. The standard InChI is InChI=1S/C15H19NO4/c1-2-20-12-7-4-3-6-11(12)14(19)16-15(8-5-9-15)10-13(17)18/h3-4,6-7H,2,5,8-10H2,1H3,(H,16,19)(H,17,18). The van der Waals surface area contributed by atoms with Gasteiger partial charge in [-0.2, -0.15) is 0 Å². The van der Waals surface area contributed by atoms with Crippen molar-refractivity contribution < 1.29 is 19.4 Å². The lowest BCUT2D eigenvalue weighted by atomic mass is 9.74. The topological polar surface area (TPSA) is 75.6 Å². The van der Waals surface area contributed by atoms with Crippen LogP contribution in [0.4, 0.5) is 0 Å². The van der Waals surface area contributed by atoms with E-state index < -0.39 is 11.5 Å². The van der Waals surface area contributed by atoms with E-state index in [9.17, 15) is 9.59 Å². The van der Waals surface area contributed by atoms with Gasteiger partial charge in [0.05, 0.1) is 24.1 Å².